The molecule has 0 aromatic rings. The molecule has 0 bridgehead atoms. The second kappa shape index (κ2) is 78.8. The Morgan fingerprint density at radius 3 is 0.798 bits per heavy atom. The Bertz CT molecular complexity index is 1400. The number of nitrogens with one attached hydrogen (secondary N) is 1. The van der Waals surface area contributed by atoms with Crippen LogP contribution in [0.1, 0.15) is 470 Å². The van der Waals surface area contributed by atoms with Crippen LogP contribution in [0, 0.1) is 0 Å². The SMILES string of the molecule is CCCCCCCC/C=C\CCCCCCCCCCCC(=O)OCCCCCCCCCCCCCCCCCCCCCCCCCCCCCCCCC(=O)NC(CO)C(O)/C=C/CCCCCCCCCCCCCCCCCCCCCCC. The van der Waals surface area contributed by atoms with Crippen molar-refractivity contribution in [3.8, 4) is 0 Å². The summed E-state index contributed by atoms with van der Waals surface area (Å²) in [5.41, 5.74) is 0. The molecule has 0 saturated carbocycles. The van der Waals surface area contributed by atoms with E-state index in [-0.39, 0.29) is 18.5 Å². The third-order valence-corrected chi connectivity index (χ3v) is 19.5. The van der Waals surface area contributed by atoms with Crippen LogP contribution in [0.5, 0.6) is 0 Å². The Labute approximate surface area is 558 Å². The first kappa shape index (κ1) is 87.3. The van der Waals surface area contributed by atoms with Crippen molar-refractivity contribution in [1.29, 1.82) is 0 Å². The van der Waals surface area contributed by atoms with Crippen molar-refractivity contribution in [3.63, 3.8) is 0 Å². The topological polar surface area (TPSA) is 95.9 Å². The number of carbonyl (C=O) groups excluding carboxylic acids is 2. The largest absolute Gasteiger partial charge is 0.466 e. The van der Waals surface area contributed by atoms with E-state index in [1.807, 2.05) is 6.08 Å². The maximum atomic E-state index is 12.6. The Kier molecular flexibility index (Phi) is 77.3. The van der Waals surface area contributed by atoms with E-state index in [1.54, 1.807) is 6.08 Å². The molecule has 2 unspecified atom stereocenters. The molecule has 0 rings (SSSR count). The summed E-state index contributed by atoms with van der Waals surface area (Å²) in [7, 11) is 0. The number of carbonyl (C=O) groups is 2. The molecule has 3 N–H and O–H groups in total. The monoisotopic (exact) mass is 1250 g/mol. The molecule has 0 heterocycles. The van der Waals surface area contributed by atoms with Gasteiger partial charge in [-0.25, -0.2) is 0 Å². The summed E-state index contributed by atoms with van der Waals surface area (Å²) in [6, 6.07) is -0.626. The first-order chi connectivity index (χ1) is 44.0. The summed E-state index contributed by atoms with van der Waals surface area (Å²) in [6.45, 7) is 4.96. The van der Waals surface area contributed by atoms with Crippen LogP contribution in [0.25, 0.3) is 0 Å². The summed E-state index contributed by atoms with van der Waals surface area (Å²) in [5, 5.41) is 23.3. The molecule has 528 valence electrons. The summed E-state index contributed by atoms with van der Waals surface area (Å²) in [4.78, 5) is 24.7. The van der Waals surface area contributed by atoms with Gasteiger partial charge in [-0.05, 0) is 57.8 Å². The zero-order valence-corrected chi connectivity index (χ0v) is 60.7. The quantitative estimate of drug-likeness (QED) is 0.0320. The second-order valence-electron chi connectivity index (χ2n) is 28.5. The molecule has 6 nitrogen and oxygen atoms in total. The number of aliphatic hydroxyl groups is 2. The van der Waals surface area contributed by atoms with Crippen LogP contribution in [0.2, 0.25) is 0 Å². The van der Waals surface area contributed by atoms with E-state index in [4.69, 9.17) is 4.74 Å². The maximum Gasteiger partial charge on any atom is 0.305 e. The highest BCUT2D eigenvalue weighted by Crippen LogP contribution is 2.20. The number of ether oxygens (including phenoxy) is 1. The molecule has 89 heavy (non-hydrogen) atoms. The smallest absolute Gasteiger partial charge is 0.305 e. The summed E-state index contributed by atoms with van der Waals surface area (Å²) in [5.74, 6) is -0.0381. The Morgan fingerprint density at radius 2 is 0.528 bits per heavy atom. The minimum Gasteiger partial charge on any atom is -0.466 e. The van der Waals surface area contributed by atoms with Gasteiger partial charge in [-0.3, -0.25) is 9.59 Å². The number of allylic oxidation sites excluding steroid dienone is 3. The maximum absolute atomic E-state index is 12.6. The van der Waals surface area contributed by atoms with Crippen LogP contribution >= 0.6 is 0 Å². The molecule has 0 spiro atoms. The lowest BCUT2D eigenvalue weighted by Crippen LogP contribution is -2.45. The first-order valence-electron chi connectivity index (χ1n) is 41.1. The predicted molar refractivity (Wildman–Crippen MR) is 393 cm³/mol. The highest BCUT2D eigenvalue weighted by Gasteiger charge is 2.18. The lowest BCUT2D eigenvalue weighted by atomic mass is 10.0. The second-order valence-corrected chi connectivity index (χ2v) is 28.5. The van der Waals surface area contributed by atoms with Crippen molar-refractivity contribution >= 4 is 11.9 Å². The lowest BCUT2D eigenvalue weighted by Gasteiger charge is -2.20. The third kappa shape index (κ3) is 75.3. The third-order valence-electron chi connectivity index (χ3n) is 19.5. The van der Waals surface area contributed by atoms with Crippen LogP contribution in [-0.4, -0.2) is 47.4 Å². The number of hydrogen-bond acceptors (Lipinski definition) is 5. The molecule has 6 heteroatoms. The molecule has 0 fully saturated rings. The number of esters is 1. The van der Waals surface area contributed by atoms with E-state index in [0.717, 1.165) is 38.5 Å². The van der Waals surface area contributed by atoms with Crippen molar-refractivity contribution in [2.45, 2.75) is 482 Å². The van der Waals surface area contributed by atoms with E-state index in [9.17, 15) is 19.8 Å². The Balaban J connectivity index is 3.35. The van der Waals surface area contributed by atoms with Gasteiger partial charge in [0.05, 0.1) is 25.4 Å². The average molecular weight is 1250 g/mol. The Morgan fingerprint density at radius 1 is 0.303 bits per heavy atom. The Hall–Kier alpha value is -1.66. The van der Waals surface area contributed by atoms with Gasteiger partial charge >= 0.3 is 5.97 Å². The van der Waals surface area contributed by atoms with Crippen LogP contribution in [-0.2, 0) is 14.3 Å². The molecule has 2 atom stereocenters. The number of aliphatic hydroxyl groups excluding tert-OH is 2. The zero-order valence-electron chi connectivity index (χ0n) is 60.7. The van der Waals surface area contributed by atoms with Gasteiger partial charge in [0, 0.05) is 12.8 Å². The molecule has 0 aliphatic rings. The van der Waals surface area contributed by atoms with Gasteiger partial charge < -0.3 is 20.3 Å². The molecular weight excluding hydrogens is 1090 g/mol. The first-order valence-corrected chi connectivity index (χ1v) is 41.1. The minimum atomic E-state index is -0.843. The van der Waals surface area contributed by atoms with Crippen LogP contribution < -0.4 is 5.32 Å². The van der Waals surface area contributed by atoms with E-state index >= 15 is 0 Å². The van der Waals surface area contributed by atoms with Crippen LogP contribution in [0.15, 0.2) is 24.3 Å². The number of amides is 1. The molecule has 0 aromatic heterocycles. The van der Waals surface area contributed by atoms with Gasteiger partial charge in [-0.1, -0.05) is 423 Å². The van der Waals surface area contributed by atoms with Crippen LogP contribution in [0.4, 0.5) is 0 Å². The lowest BCUT2D eigenvalue weighted by molar-refractivity contribution is -0.143. The molecular formula is C83H161NO5. The van der Waals surface area contributed by atoms with E-state index in [1.165, 1.54) is 405 Å². The number of hydrogen-bond donors (Lipinski definition) is 3. The van der Waals surface area contributed by atoms with Crippen molar-refractivity contribution in [2.75, 3.05) is 13.2 Å². The van der Waals surface area contributed by atoms with Gasteiger partial charge in [-0.2, -0.15) is 0 Å². The van der Waals surface area contributed by atoms with E-state index in [2.05, 4.69) is 31.3 Å². The summed E-state index contributed by atoms with van der Waals surface area (Å²) >= 11 is 0. The summed E-state index contributed by atoms with van der Waals surface area (Å²) in [6.07, 6.45) is 102. The van der Waals surface area contributed by atoms with Gasteiger partial charge in [0.25, 0.3) is 0 Å². The number of unbranched alkanes of at least 4 members (excludes halogenated alkanes) is 65. The fourth-order valence-corrected chi connectivity index (χ4v) is 13.2. The standard InChI is InChI=1S/C83H161NO5/c1-3-5-7-9-11-13-15-17-19-21-23-24-33-36-40-43-47-51-55-59-63-67-71-75-81(86)80(79-85)84-82(87)76-72-68-64-60-56-52-48-44-41-37-34-31-29-27-25-26-28-30-32-35-38-42-46-50-54-58-62-66-70-74-78-89-83(88)77-73-69-65-61-57-53-49-45-39-22-20-18-16-14-12-10-8-6-4-2/h18,20,71,75,80-81,85-86H,3-17,19,21-70,72-74,76-79H2,1-2H3,(H,84,87)/b20-18-,75-71+. The molecule has 0 aliphatic carbocycles. The van der Waals surface area contributed by atoms with Crippen molar-refractivity contribution in [1.82, 2.24) is 5.32 Å². The van der Waals surface area contributed by atoms with Crippen molar-refractivity contribution in [3.05, 3.63) is 24.3 Å². The highest BCUT2D eigenvalue weighted by molar-refractivity contribution is 5.76. The van der Waals surface area contributed by atoms with Gasteiger partial charge in [0.15, 0.2) is 0 Å². The summed E-state index contributed by atoms with van der Waals surface area (Å²) < 4.78 is 5.52. The number of rotatable bonds is 78. The van der Waals surface area contributed by atoms with Crippen molar-refractivity contribution < 1.29 is 24.5 Å². The normalized spacial score (nSPS) is 12.5. The fraction of sp³-hybridized carbons (Fsp3) is 0.928. The molecule has 0 aliphatic heterocycles. The molecule has 0 aromatic carbocycles. The molecule has 1 amide bonds. The van der Waals surface area contributed by atoms with Gasteiger partial charge in [0.1, 0.15) is 0 Å². The van der Waals surface area contributed by atoms with Gasteiger partial charge in [0.2, 0.25) is 5.91 Å². The van der Waals surface area contributed by atoms with E-state index in [0.29, 0.717) is 19.4 Å². The molecule has 0 radical (unpaired) electrons. The van der Waals surface area contributed by atoms with Crippen molar-refractivity contribution in [2.24, 2.45) is 0 Å². The zero-order chi connectivity index (χ0) is 64.2. The highest BCUT2D eigenvalue weighted by atomic mass is 16.5. The average Bonchev–Trinajstić information content (AvgIpc) is 3.60. The van der Waals surface area contributed by atoms with Crippen LogP contribution in [0.3, 0.4) is 0 Å². The molecule has 0 saturated heterocycles. The van der Waals surface area contributed by atoms with E-state index < -0.39 is 12.1 Å². The predicted octanol–water partition coefficient (Wildman–Crippen LogP) is 27.2. The minimum absolute atomic E-state index is 0.0206. The van der Waals surface area contributed by atoms with Gasteiger partial charge in [-0.15, -0.1) is 0 Å². The fourth-order valence-electron chi connectivity index (χ4n) is 13.2.